The minimum Gasteiger partial charge on any atom is -0.481 e. The second-order valence-electron chi connectivity index (χ2n) is 5.38. The second-order valence-corrected chi connectivity index (χ2v) is 6.30. The fraction of sp³-hybridized carbons (Fsp3) is 0.471. The van der Waals surface area contributed by atoms with E-state index in [0.29, 0.717) is 6.42 Å². The smallest absolute Gasteiger partial charge is 0.263 e. The maximum Gasteiger partial charge on any atom is 0.263 e. The van der Waals surface area contributed by atoms with Gasteiger partial charge in [0.05, 0.1) is 0 Å². The van der Waals surface area contributed by atoms with Crippen LogP contribution in [0.1, 0.15) is 13.3 Å². The highest BCUT2D eigenvalue weighted by Crippen LogP contribution is 2.19. The summed E-state index contributed by atoms with van der Waals surface area (Å²) in [6.07, 6.45) is 2.16. The van der Waals surface area contributed by atoms with Crippen molar-refractivity contribution in [2.75, 3.05) is 32.7 Å². The van der Waals surface area contributed by atoms with Gasteiger partial charge in [0, 0.05) is 37.2 Å². The first-order valence-corrected chi connectivity index (χ1v) is 8.47. The minimum atomic E-state index is -0.410. The quantitative estimate of drug-likeness (QED) is 0.725. The van der Waals surface area contributed by atoms with Crippen LogP contribution in [0, 0.1) is 0 Å². The summed E-state index contributed by atoms with van der Waals surface area (Å²) in [5, 5.41) is 0. The van der Waals surface area contributed by atoms with Crippen molar-refractivity contribution < 1.29 is 9.53 Å². The summed E-state index contributed by atoms with van der Waals surface area (Å²) in [6.45, 7) is 9.93. The number of carbonyl (C=O) groups is 1. The third-order valence-electron chi connectivity index (χ3n) is 3.81. The molecule has 1 fully saturated rings. The Bertz CT molecular complexity index is 496. The Hall–Kier alpha value is -1.33. The number of hydrogen-bond acceptors (Lipinski definition) is 3. The van der Waals surface area contributed by atoms with Gasteiger partial charge < -0.3 is 9.64 Å². The van der Waals surface area contributed by atoms with Crippen LogP contribution in [0.4, 0.5) is 0 Å². The molecule has 2 rings (SSSR count). The van der Waals surface area contributed by atoms with Gasteiger partial charge in [-0.15, -0.1) is 6.58 Å². The SMILES string of the molecule is C=CCN1CCN(C(=O)[C@@H](CC)Oc2ccc(Br)cc2)CC1. The number of ether oxygens (including phenoxy) is 1. The minimum absolute atomic E-state index is 0.0867. The van der Waals surface area contributed by atoms with Crippen molar-refractivity contribution in [1.82, 2.24) is 9.80 Å². The van der Waals surface area contributed by atoms with Gasteiger partial charge in [-0.3, -0.25) is 9.69 Å². The molecule has 4 nitrogen and oxygen atoms in total. The standard InChI is InChI=1S/C17H23BrN2O2/c1-3-9-19-10-12-20(13-11-19)17(21)16(4-2)22-15-7-5-14(18)6-8-15/h3,5-8,16H,1,4,9-13H2,2H3/t16-/m1/s1. The zero-order chi connectivity index (χ0) is 15.9. The Kier molecular flexibility index (Phi) is 6.46. The summed E-state index contributed by atoms with van der Waals surface area (Å²) in [5.74, 6) is 0.817. The molecule has 0 radical (unpaired) electrons. The molecule has 1 aliphatic rings. The van der Waals surface area contributed by atoms with Crippen molar-refractivity contribution >= 4 is 21.8 Å². The van der Waals surface area contributed by atoms with Crippen LogP contribution in [0.3, 0.4) is 0 Å². The van der Waals surface area contributed by atoms with Crippen LogP contribution in [-0.2, 0) is 4.79 Å². The molecule has 1 aliphatic heterocycles. The third-order valence-corrected chi connectivity index (χ3v) is 4.34. The molecule has 0 aliphatic carbocycles. The van der Waals surface area contributed by atoms with Gasteiger partial charge in [0.15, 0.2) is 6.10 Å². The molecule has 22 heavy (non-hydrogen) atoms. The van der Waals surface area contributed by atoms with E-state index in [1.807, 2.05) is 42.2 Å². The lowest BCUT2D eigenvalue weighted by Crippen LogP contribution is -2.52. The van der Waals surface area contributed by atoms with Crippen LogP contribution >= 0.6 is 15.9 Å². The van der Waals surface area contributed by atoms with Crippen molar-refractivity contribution in [3.05, 3.63) is 41.4 Å². The summed E-state index contributed by atoms with van der Waals surface area (Å²) in [6, 6.07) is 7.59. The Morgan fingerprint density at radius 1 is 1.32 bits per heavy atom. The van der Waals surface area contributed by atoms with Gasteiger partial charge in [-0.05, 0) is 30.7 Å². The first-order valence-electron chi connectivity index (χ1n) is 7.68. The van der Waals surface area contributed by atoms with E-state index < -0.39 is 6.10 Å². The number of amides is 1. The van der Waals surface area contributed by atoms with Gasteiger partial charge in [-0.2, -0.15) is 0 Å². The fourth-order valence-corrected chi connectivity index (χ4v) is 2.79. The number of rotatable bonds is 6. The number of piperazine rings is 1. The Morgan fingerprint density at radius 3 is 2.50 bits per heavy atom. The van der Waals surface area contributed by atoms with Crippen molar-refractivity contribution in [3.8, 4) is 5.75 Å². The van der Waals surface area contributed by atoms with Crippen LogP contribution in [0.15, 0.2) is 41.4 Å². The van der Waals surface area contributed by atoms with E-state index >= 15 is 0 Å². The summed E-state index contributed by atoms with van der Waals surface area (Å²) in [7, 11) is 0. The van der Waals surface area contributed by atoms with E-state index in [0.717, 1.165) is 42.9 Å². The van der Waals surface area contributed by atoms with Crippen molar-refractivity contribution in [3.63, 3.8) is 0 Å². The molecule has 1 saturated heterocycles. The molecule has 1 amide bonds. The number of hydrogen-bond donors (Lipinski definition) is 0. The molecule has 5 heteroatoms. The van der Waals surface area contributed by atoms with E-state index in [1.165, 1.54) is 0 Å². The van der Waals surface area contributed by atoms with Gasteiger partial charge in [0.1, 0.15) is 5.75 Å². The summed E-state index contributed by atoms with van der Waals surface area (Å²) >= 11 is 3.40. The Balaban J connectivity index is 1.91. The molecule has 0 saturated carbocycles. The van der Waals surface area contributed by atoms with E-state index in [-0.39, 0.29) is 5.91 Å². The van der Waals surface area contributed by atoms with Crippen LogP contribution in [0.5, 0.6) is 5.75 Å². The third kappa shape index (κ3) is 4.58. The second kappa shape index (κ2) is 8.34. The average molecular weight is 367 g/mol. The van der Waals surface area contributed by atoms with E-state index in [4.69, 9.17) is 4.74 Å². The molecule has 0 bridgehead atoms. The van der Waals surface area contributed by atoms with Crippen LogP contribution in [-0.4, -0.2) is 54.5 Å². The highest BCUT2D eigenvalue weighted by atomic mass is 79.9. The zero-order valence-corrected chi connectivity index (χ0v) is 14.6. The lowest BCUT2D eigenvalue weighted by atomic mass is 10.2. The summed E-state index contributed by atoms with van der Waals surface area (Å²) in [5.41, 5.74) is 0. The first-order chi connectivity index (χ1) is 10.6. The zero-order valence-electron chi connectivity index (χ0n) is 13.0. The molecule has 1 heterocycles. The molecular formula is C17H23BrN2O2. The van der Waals surface area contributed by atoms with Gasteiger partial charge in [0.2, 0.25) is 0 Å². The molecule has 1 atom stereocenters. The molecule has 120 valence electrons. The largest absolute Gasteiger partial charge is 0.481 e. The maximum absolute atomic E-state index is 12.6. The van der Waals surface area contributed by atoms with Gasteiger partial charge in [-0.25, -0.2) is 0 Å². The molecule has 0 spiro atoms. The predicted molar refractivity (Wildman–Crippen MR) is 92.1 cm³/mol. The van der Waals surface area contributed by atoms with E-state index in [2.05, 4.69) is 27.4 Å². The van der Waals surface area contributed by atoms with Crippen LogP contribution in [0.2, 0.25) is 0 Å². The van der Waals surface area contributed by atoms with Crippen LogP contribution < -0.4 is 4.74 Å². The molecule has 0 aromatic heterocycles. The lowest BCUT2D eigenvalue weighted by Gasteiger charge is -2.35. The topological polar surface area (TPSA) is 32.8 Å². The van der Waals surface area contributed by atoms with Gasteiger partial charge >= 0.3 is 0 Å². The monoisotopic (exact) mass is 366 g/mol. The predicted octanol–water partition coefficient (Wildman–Crippen LogP) is 2.94. The van der Waals surface area contributed by atoms with Crippen molar-refractivity contribution in [2.24, 2.45) is 0 Å². The molecule has 1 aromatic carbocycles. The summed E-state index contributed by atoms with van der Waals surface area (Å²) in [4.78, 5) is 16.8. The number of carbonyl (C=O) groups excluding carboxylic acids is 1. The molecule has 1 aromatic rings. The highest BCUT2D eigenvalue weighted by molar-refractivity contribution is 9.10. The van der Waals surface area contributed by atoms with Crippen molar-refractivity contribution in [2.45, 2.75) is 19.4 Å². The molecule has 0 N–H and O–H groups in total. The normalized spacial score (nSPS) is 17.1. The molecule has 0 unspecified atom stereocenters. The number of benzene rings is 1. The van der Waals surface area contributed by atoms with E-state index in [1.54, 1.807) is 0 Å². The van der Waals surface area contributed by atoms with Crippen molar-refractivity contribution in [1.29, 1.82) is 0 Å². The van der Waals surface area contributed by atoms with Gasteiger partial charge in [0.25, 0.3) is 5.91 Å². The first kappa shape index (κ1) is 17.0. The van der Waals surface area contributed by atoms with Crippen LogP contribution in [0.25, 0.3) is 0 Å². The highest BCUT2D eigenvalue weighted by Gasteiger charge is 2.27. The summed E-state index contributed by atoms with van der Waals surface area (Å²) < 4.78 is 6.86. The Morgan fingerprint density at radius 2 is 1.95 bits per heavy atom. The number of halogens is 1. The number of nitrogens with zero attached hydrogens (tertiary/aromatic N) is 2. The Labute approximate surface area is 140 Å². The maximum atomic E-state index is 12.6. The lowest BCUT2D eigenvalue weighted by molar-refractivity contribution is -0.140. The molecular weight excluding hydrogens is 344 g/mol. The fourth-order valence-electron chi connectivity index (χ4n) is 2.52. The average Bonchev–Trinajstić information content (AvgIpc) is 2.55. The van der Waals surface area contributed by atoms with E-state index in [9.17, 15) is 4.79 Å². The van der Waals surface area contributed by atoms with Gasteiger partial charge in [-0.1, -0.05) is 28.9 Å².